The molecule has 1 aromatic carbocycles. The Balaban J connectivity index is 1.16. The van der Waals surface area contributed by atoms with Crippen LogP contribution in [0.3, 0.4) is 0 Å². The van der Waals surface area contributed by atoms with Crippen molar-refractivity contribution in [1.82, 2.24) is 10.2 Å². The molecule has 29 heavy (non-hydrogen) atoms. The molecule has 4 atom stereocenters. The second-order valence-corrected chi connectivity index (χ2v) is 9.21. The molecule has 4 aliphatic rings. The fourth-order valence-corrected chi connectivity index (χ4v) is 5.91. The number of nitrogens with one attached hydrogen (secondary N) is 1. The molecular formula is C23H32N2O4. The van der Waals surface area contributed by atoms with Crippen LogP contribution in [0.4, 0.5) is 0 Å². The molecular weight excluding hydrogens is 368 g/mol. The van der Waals surface area contributed by atoms with Gasteiger partial charge in [0.2, 0.25) is 5.91 Å². The minimum absolute atomic E-state index is 0.00589. The van der Waals surface area contributed by atoms with Gasteiger partial charge in [-0.05, 0) is 18.4 Å². The number of likely N-dealkylation sites (tertiary alicyclic amines) is 1. The highest BCUT2D eigenvalue weighted by atomic mass is 16.5. The average Bonchev–Trinajstić information content (AvgIpc) is 3.29. The highest BCUT2D eigenvalue weighted by Gasteiger charge is 2.62. The lowest BCUT2D eigenvalue weighted by atomic mass is 9.73. The average molecular weight is 401 g/mol. The van der Waals surface area contributed by atoms with Crippen molar-refractivity contribution in [3.8, 4) is 0 Å². The number of hydrogen-bond acceptors (Lipinski definition) is 5. The summed E-state index contributed by atoms with van der Waals surface area (Å²) < 4.78 is 17.9. The molecule has 0 saturated carbocycles. The molecule has 0 aliphatic carbocycles. The Hall–Kier alpha value is -1.47. The summed E-state index contributed by atoms with van der Waals surface area (Å²) in [6.45, 7) is 6.81. The Morgan fingerprint density at radius 3 is 2.76 bits per heavy atom. The van der Waals surface area contributed by atoms with Crippen molar-refractivity contribution >= 4 is 5.91 Å². The lowest BCUT2D eigenvalue weighted by Crippen LogP contribution is -2.42. The standard InChI is InChI=1S/C23H32N2O4/c26-22(10-17-4-2-1-3-5-17)24-11-19-20-13-25(12-18-14-27-8-9-28-15-18)16-23(20)7-6-21(19)29-23/h1-5,18-21H,6-16H2,(H,24,26)/t19-,20+,21+,23+/m0/s1. The normalized spacial score (nSPS) is 34.8. The first-order valence-electron chi connectivity index (χ1n) is 11.1. The van der Waals surface area contributed by atoms with Gasteiger partial charge >= 0.3 is 0 Å². The molecule has 0 radical (unpaired) electrons. The minimum Gasteiger partial charge on any atom is -0.379 e. The molecule has 1 N–H and O–H groups in total. The summed E-state index contributed by atoms with van der Waals surface area (Å²) in [6.07, 6.45) is 3.04. The quantitative estimate of drug-likeness (QED) is 0.784. The van der Waals surface area contributed by atoms with Crippen molar-refractivity contribution in [1.29, 1.82) is 0 Å². The number of rotatable bonds is 6. The third-order valence-corrected chi connectivity index (χ3v) is 7.19. The monoisotopic (exact) mass is 400 g/mol. The van der Waals surface area contributed by atoms with Crippen molar-refractivity contribution in [3.05, 3.63) is 35.9 Å². The van der Waals surface area contributed by atoms with Crippen molar-refractivity contribution in [2.24, 2.45) is 17.8 Å². The second-order valence-electron chi connectivity index (χ2n) is 9.21. The predicted octanol–water partition coefficient (Wildman–Crippen LogP) is 1.49. The highest BCUT2D eigenvalue weighted by molar-refractivity contribution is 5.78. The molecule has 1 aromatic rings. The van der Waals surface area contributed by atoms with E-state index in [9.17, 15) is 4.79 Å². The van der Waals surface area contributed by atoms with Crippen molar-refractivity contribution in [2.45, 2.75) is 31.0 Å². The van der Waals surface area contributed by atoms with Crippen LogP contribution in [0.25, 0.3) is 0 Å². The molecule has 5 rings (SSSR count). The van der Waals surface area contributed by atoms with E-state index in [0.29, 0.717) is 43.5 Å². The van der Waals surface area contributed by atoms with E-state index < -0.39 is 0 Å². The highest BCUT2D eigenvalue weighted by Crippen LogP contribution is 2.54. The second kappa shape index (κ2) is 8.34. The maximum absolute atomic E-state index is 12.4. The number of carbonyl (C=O) groups is 1. The summed E-state index contributed by atoms with van der Waals surface area (Å²) in [7, 11) is 0. The number of benzene rings is 1. The smallest absolute Gasteiger partial charge is 0.224 e. The zero-order chi connectivity index (χ0) is 19.7. The van der Waals surface area contributed by atoms with Gasteiger partial charge in [0.15, 0.2) is 0 Å². The molecule has 2 bridgehead atoms. The summed E-state index contributed by atoms with van der Waals surface area (Å²) in [5.74, 6) is 1.49. The molecule has 4 aliphatic heterocycles. The lowest BCUT2D eigenvalue weighted by Gasteiger charge is -2.29. The topological polar surface area (TPSA) is 60.0 Å². The van der Waals surface area contributed by atoms with Crippen LogP contribution < -0.4 is 5.32 Å². The Morgan fingerprint density at radius 1 is 1.17 bits per heavy atom. The molecule has 6 nitrogen and oxygen atoms in total. The minimum atomic E-state index is 0.00589. The van der Waals surface area contributed by atoms with Gasteiger partial charge in [-0.3, -0.25) is 9.69 Å². The molecule has 1 spiro atoms. The first-order chi connectivity index (χ1) is 14.2. The van der Waals surface area contributed by atoms with Gasteiger partial charge in [-0.1, -0.05) is 30.3 Å². The fourth-order valence-electron chi connectivity index (χ4n) is 5.91. The Kier molecular flexibility index (Phi) is 5.61. The van der Waals surface area contributed by atoms with Gasteiger partial charge in [-0.25, -0.2) is 0 Å². The van der Waals surface area contributed by atoms with Crippen molar-refractivity contribution in [3.63, 3.8) is 0 Å². The van der Waals surface area contributed by atoms with Gasteiger partial charge in [0.1, 0.15) is 0 Å². The lowest BCUT2D eigenvalue weighted by molar-refractivity contribution is -0.120. The van der Waals surface area contributed by atoms with E-state index in [4.69, 9.17) is 14.2 Å². The Bertz CT molecular complexity index is 706. The Morgan fingerprint density at radius 2 is 1.97 bits per heavy atom. The van der Waals surface area contributed by atoms with E-state index in [-0.39, 0.29) is 11.5 Å². The largest absolute Gasteiger partial charge is 0.379 e. The van der Waals surface area contributed by atoms with Crippen molar-refractivity contribution < 1.29 is 19.0 Å². The van der Waals surface area contributed by atoms with Gasteiger partial charge in [0.25, 0.3) is 0 Å². The maximum atomic E-state index is 12.4. The van der Waals surface area contributed by atoms with Gasteiger partial charge in [-0.15, -0.1) is 0 Å². The van der Waals surface area contributed by atoms with Gasteiger partial charge in [-0.2, -0.15) is 0 Å². The van der Waals surface area contributed by atoms with Crippen molar-refractivity contribution in [2.75, 3.05) is 52.6 Å². The third kappa shape index (κ3) is 4.08. The van der Waals surface area contributed by atoms with Crippen LogP contribution in [0.2, 0.25) is 0 Å². The maximum Gasteiger partial charge on any atom is 0.224 e. The molecule has 158 valence electrons. The first kappa shape index (κ1) is 19.5. The summed E-state index contributed by atoms with van der Waals surface area (Å²) in [6, 6.07) is 9.95. The van der Waals surface area contributed by atoms with Crippen LogP contribution in [0, 0.1) is 17.8 Å². The van der Waals surface area contributed by atoms with E-state index in [1.165, 1.54) is 0 Å². The zero-order valence-electron chi connectivity index (χ0n) is 17.1. The summed E-state index contributed by atoms with van der Waals surface area (Å²) in [5.41, 5.74) is 1.07. The van der Waals surface area contributed by atoms with E-state index >= 15 is 0 Å². The van der Waals surface area contributed by atoms with E-state index in [2.05, 4.69) is 10.2 Å². The van der Waals surface area contributed by atoms with E-state index in [1.807, 2.05) is 30.3 Å². The number of hydrogen-bond donors (Lipinski definition) is 1. The van der Waals surface area contributed by atoms with Gasteiger partial charge < -0.3 is 19.5 Å². The molecule has 4 fully saturated rings. The van der Waals surface area contributed by atoms with Crippen LogP contribution in [-0.4, -0.2) is 75.1 Å². The number of nitrogens with zero attached hydrogens (tertiary/aromatic N) is 1. The molecule has 6 heteroatoms. The van der Waals surface area contributed by atoms with Crippen LogP contribution in [0.1, 0.15) is 18.4 Å². The summed E-state index contributed by atoms with van der Waals surface area (Å²) in [4.78, 5) is 15.0. The molecule has 1 amide bonds. The Labute approximate surface area is 172 Å². The fraction of sp³-hybridized carbons (Fsp3) is 0.696. The third-order valence-electron chi connectivity index (χ3n) is 7.19. The first-order valence-corrected chi connectivity index (χ1v) is 11.1. The van der Waals surface area contributed by atoms with Crippen LogP contribution in [0.15, 0.2) is 30.3 Å². The SMILES string of the molecule is O=C(Cc1ccccc1)NC[C@H]1[C@H]2CN(CC3COCCOC3)C[C@]23CC[C@H]1O3. The summed E-state index contributed by atoms with van der Waals surface area (Å²) in [5, 5.41) is 3.19. The van der Waals surface area contributed by atoms with Crippen LogP contribution in [0.5, 0.6) is 0 Å². The number of carbonyl (C=O) groups excluding carboxylic acids is 1. The number of amides is 1. The number of fused-ring (bicyclic) bond motifs is 1. The molecule has 0 unspecified atom stereocenters. The predicted molar refractivity (Wildman–Crippen MR) is 109 cm³/mol. The zero-order valence-corrected chi connectivity index (χ0v) is 17.1. The number of ether oxygens (including phenoxy) is 3. The van der Waals surface area contributed by atoms with E-state index in [0.717, 1.165) is 57.8 Å². The summed E-state index contributed by atoms with van der Waals surface area (Å²) >= 11 is 0. The molecule has 0 aromatic heterocycles. The molecule has 4 saturated heterocycles. The van der Waals surface area contributed by atoms with Crippen LogP contribution >= 0.6 is 0 Å². The van der Waals surface area contributed by atoms with Crippen LogP contribution in [-0.2, 0) is 25.4 Å². The van der Waals surface area contributed by atoms with Gasteiger partial charge in [0, 0.05) is 43.9 Å². The molecule has 4 heterocycles. The van der Waals surface area contributed by atoms with Gasteiger partial charge in [0.05, 0.1) is 44.6 Å². The van der Waals surface area contributed by atoms with E-state index in [1.54, 1.807) is 0 Å².